The first kappa shape index (κ1) is 17.3. The van der Waals surface area contributed by atoms with E-state index < -0.39 is 0 Å². The zero-order valence-corrected chi connectivity index (χ0v) is 15.2. The van der Waals surface area contributed by atoms with Gasteiger partial charge in [0.15, 0.2) is 5.82 Å². The van der Waals surface area contributed by atoms with Gasteiger partial charge in [-0.2, -0.15) is 4.98 Å². The molecule has 138 valence electrons. The fraction of sp³-hybridized carbons (Fsp3) is 0.286. The molecule has 0 aliphatic carbocycles. The Balaban J connectivity index is 1.41. The number of likely N-dealkylation sites (tertiary alicyclic amines) is 1. The molecular formula is C21H21N3O3. The van der Waals surface area contributed by atoms with Crippen LogP contribution in [0.5, 0.6) is 5.75 Å². The Hall–Kier alpha value is -3.15. The Morgan fingerprint density at radius 1 is 1.19 bits per heavy atom. The average molecular weight is 363 g/mol. The number of para-hydroxylation sites is 1. The molecule has 6 heteroatoms. The highest BCUT2D eigenvalue weighted by atomic mass is 16.5. The quantitative estimate of drug-likeness (QED) is 0.696. The van der Waals surface area contributed by atoms with Crippen LogP contribution in [0.15, 0.2) is 59.1 Å². The van der Waals surface area contributed by atoms with Gasteiger partial charge in [0.25, 0.3) is 5.89 Å². The van der Waals surface area contributed by atoms with Gasteiger partial charge < -0.3 is 14.2 Å². The fourth-order valence-corrected chi connectivity index (χ4v) is 3.42. The maximum absolute atomic E-state index is 12.7. The standard InChI is InChI=1S/C21H21N3O3/c1-26-18-10-6-5-9-16(18)13-19(25)24-12-11-17(14-24)20-22-21(27-23-20)15-7-3-2-4-8-15/h2-10,17H,11-14H2,1H3/t17-/m0/s1. The summed E-state index contributed by atoms with van der Waals surface area (Å²) in [4.78, 5) is 19.1. The monoisotopic (exact) mass is 363 g/mol. The van der Waals surface area contributed by atoms with E-state index in [9.17, 15) is 4.79 Å². The van der Waals surface area contributed by atoms with Crippen LogP contribution in [-0.4, -0.2) is 41.1 Å². The lowest BCUT2D eigenvalue weighted by Crippen LogP contribution is -2.30. The number of methoxy groups -OCH3 is 1. The second-order valence-corrected chi connectivity index (χ2v) is 6.64. The first-order valence-corrected chi connectivity index (χ1v) is 9.03. The van der Waals surface area contributed by atoms with E-state index in [1.165, 1.54) is 0 Å². The van der Waals surface area contributed by atoms with E-state index in [1.54, 1.807) is 7.11 Å². The Kier molecular flexibility index (Phi) is 4.87. The van der Waals surface area contributed by atoms with Gasteiger partial charge in [0.05, 0.1) is 13.5 Å². The minimum Gasteiger partial charge on any atom is -0.496 e. The fourth-order valence-electron chi connectivity index (χ4n) is 3.42. The lowest BCUT2D eigenvalue weighted by Gasteiger charge is -2.17. The van der Waals surface area contributed by atoms with Gasteiger partial charge >= 0.3 is 0 Å². The summed E-state index contributed by atoms with van der Waals surface area (Å²) in [6, 6.07) is 17.3. The molecule has 0 radical (unpaired) electrons. The van der Waals surface area contributed by atoms with Crippen molar-refractivity contribution in [2.45, 2.75) is 18.8 Å². The maximum Gasteiger partial charge on any atom is 0.257 e. The Morgan fingerprint density at radius 3 is 2.78 bits per heavy atom. The van der Waals surface area contributed by atoms with E-state index in [-0.39, 0.29) is 11.8 Å². The third kappa shape index (κ3) is 3.69. The minimum atomic E-state index is 0.0915. The number of aromatic nitrogens is 2. The van der Waals surface area contributed by atoms with E-state index in [0.29, 0.717) is 31.2 Å². The van der Waals surface area contributed by atoms with E-state index >= 15 is 0 Å². The van der Waals surface area contributed by atoms with Crippen molar-refractivity contribution in [3.05, 3.63) is 66.0 Å². The van der Waals surface area contributed by atoms with Crippen molar-refractivity contribution >= 4 is 5.91 Å². The third-order valence-electron chi connectivity index (χ3n) is 4.90. The summed E-state index contributed by atoms with van der Waals surface area (Å²) in [5.41, 5.74) is 1.80. The van der Waals surface area contributed by atoms with Crippen LogP contribution in [0, 0.1) is 0 Å². The van der Waals surface area contributed by atoms with Crippen molar-refractivity contribution in [3.8, 4) is 17.2 Å². The number of rotatable bonds is 5. The van der Waals surface area contributed by atoms with Crippen LogP contribution in [0.25, 0.3) is 11.5 Å². The zero-order valence-electron chi connectivity index (χ0n) is 15.2. The molecule has 1 fully saturated rings. The van der Waals surface area contributed by atoms with Crippen molar-refractivity contribution in [3.63, 3.8) is 0 Å². The molecule has 6 nitrogen and oxygen atoms in total. The molecule has 1 aromatic heterocycles. The summed E-state index contributed by atoms with van der Waals surface area (Å²) in [5, 5.41) is 4.14. The highest BCUT2D eigenvalue weighted by Crippen LogP contribution is 2.28. The summed E-state index contributed by atoms with van der Waals surface area (Å²) in [5.74, 6) is 2.12. The van der Waals surface area contributed by atoms with E-state index in [0.717, 1.165) is 23.3 Å². The number of ether oxygens (including phenoxy) is 1. The molecule has 4 rings (SSSR count). The highest BCUT2D eigenvalue weighted by molar-refractivity contribution is 5.80. The number of hydrogen-bond donors (Lipinski definition) is 0. The number of hydrogen-bond acceptors (Lipinski definition) is 5. The van der Waals surface area contributed by atoms with Gasteiger partial charge in [0.1, 0.15) is 5.75 Å². The summed E-state index contributed by atoms with van der Waals surface area (Å²) in [6.45, 7) is 1.32. The highest BCUT2D eigenvalue weighted by Gasteiger charge is 2.30. The van der Waals surface area contributed by atoms with Crippen LogP contribution >= 0.6 is 0 Å². The van der Waals surface area contributed by atoms with Gasteiger partial charge in [-0.1, -0.05) is 41.6 Å². The second-order valence-electron chi connectivity index (χ2n) is 6.64. The smallest absolute Gasteiger partial charge is 0.257 e. The van der Waals surface area contributed by atoms with Crippen molar-refractivity contribution < 1.29 is 14.1 Å². The molecule has 0 saturated carbocycles. The molecule has 1 saturated heterocycles. The van der Waals surface area contributed by atoms with E-state index in [2.05, 4.69) is 10.1 Å². The molecule has 2 aromatic carbocycles. The third-order valence-corrected chi connectivity index (χ3v) is 4.90. The van der Waals surface area contributed by atoms with Gasteiger partial charge in [-0.15, -0.1) is 0 Å². The number of amides is 1. The SMILES string of the molecule is COc1ccccc1CC(=O)N1CC[C@H](c2noc(-c3ccccc3)n2)C1. The molecule has 1 aliphatic heterocycles. The molecular weight excluding hydrogens is 342 g/mol. The van der Waals surface area contributed by atoms with Gasteiger partial charge in [0, 0.05) is 30.1 Å². The molecule has 0 bridgehead atoms. The maximum atomic E-state index is 12.7. The van der Waals surface area contributed by atoms with Crippen LogP contribution < -0.4 is 4.74 Å². The first-order valence-electron chi connectivity index (χ1n) is 9.03. The Labute approximate surface area is 157 Å². The molecule has 3 aromatic rings. The average Bonchev–Trinajstić information content (AvgIpc) is 3.39. The zero-order chi connectivity index (χ0) is 18.6. The van der Waals surface area contributed by atoms with Crippen molar-refractivity contribution in [1.29, 1.82) is 0 Å². The predicted octanol–water partition coefficient (Wildman–Crippen LogP) is 3.30. The largest absolute Gasteiger partial charge is 0.496 e. The van der Waals surface area contributed by atoms with Gasteiger partial charge in [-0.3, -0.25) is 4.79 Å². The normalized spacial score (nSPS) is 16.5. The van der Waals surface area contributed by atoms with E-state index in [4.69, 9.17) is 9.26 Å². The molecule has 1 amide bonds. The topological polar surface area (TPSA) is 68.5 Å². The molecule has 0 N–H and O–H groups in total. The van der Waals surface area contributed by atoms with Crippen LogP contribution in [0.2, 0.25) is 0 Å². The summed E-state index contributed by atoms with van der Waals surface area (Å²) >= 11 is 0. The van der Waals surface area contributed by atoms with Crippen LogP contribution in [0.1, 0.15) is 23.7 Å². The lowest BCUT2D eigenvalue weighted by atomic mass is 10.1. The molecule has 1 aliphatic rings. The lowest BCUT2D eigenvalue weighted by molar-refractivity contribution is -0.129. The van der Waals surface area contributed by atoms with Crippen LogP contribution in [0.4, 0.5) is 0 Å². The summed E-state index contributed by atoms with van der Waals surface area (Å²) in [7, 11) is 1.62. The van der Waals surface area contributed by atoms with Crippen molar-refractivity contribution in [2.75, 3.05) is 20.2 Å². The van der Waals surface area contributed by atoms with Crippen LogP contribution in [-0.2, 0) is 11.2 Å². The molecule has 0 unspecified atom stereocenters. The number of benzene rings is 2. The number of carbonyl (C=O) groups excluding carboxylic acids is 1. The first-order chi connectivity index (χ1) is 13.2. The minimum absolute atomic E-state index is 0.0915. The summed E-state index contributed by atoms with van der Waals surface area (Å²) in [6.07, 6.45) is 1.17. The Morgan fingerprint density at radius 2 is 1.96 bits per heavy atom. The van der Waals surface area contributed by atoms with Crippen molar-refractivity contribution in [1.82, 2.24) is 15.0 Å². The molecule has 27 heavy (non-hydrogen) atoms. The molecule has 2 heterocycles. The molecule has 1 atom stereocenters. The van der Waals surface area contributed by atoms with Gasteiger partial charge in [-0.25, -0.2) is 0 Å². The van der Waals surface area contributed by atoms with Gasteiger partial charge in [0.2, 0.25) is 5.91 Å². The number of carbonyl (C=O) groups is 1. The van der Waals surface area contributed by atoms with Crippen LogP contribution in [0.3, 0.4) is 0 Å². The number of nitrogens with zero attached hydrogens (tertiary/aromatic N) is 3. The van der Waals surface area contributed by atoms with Gasteiger partial charge in [-0.05, 0) is 24.6 Å². The predicted molar refractivity (Wildman–Crippen MR) is 100 cm³/mol. The Bertz CT molecular complexity index is 923. The van der Waals surface area contributed by atoms with Crippen molar-refractivity contribution in [2.24, 2.45) is 0 Å². The second kappa shape index (κ2) is 7.61. The van der Waals surface area contributed by atoms with E-state index in [1.807, 2.05) is 59.5 Å². The summed E-state index contributed by atoms with van der Waals surface area (Å²) < 4.78 is 10.7. The molecule has 0 spiro atoms.